The van der Waals surface area contributed by atoms with Gasteiger partial charge in [-0.15, -0.1) is 0 Å². The van der Waals surface area contributed by atoms with Crippen LogP contribution in [0.4, 0.5) is 10.5 Å². The molecule has 1 aliphatic carbocycles. The summed E-state index contributed by atoms with van der Waals surface area (Å²) in [6.45, 7) is 3.50. The van der Waals surface area contributed by atoms with Crippen molar-refractivity contribution < 1.29 is 14.3 Å². The maximum absolute atomic E-state index is 12.6. The lowest BCUT2D eigenvalue weighted by Gasteiger charge is -2.39. The van der Waals surface area contributed by atoms with Crippen LogP contribution in [0.25, 0.3) is 0 Å². The Kier molecular flexibility index (Phi) is 4.92. The molecule has 1 atom stereocenters. The van der Waals surface area contributed by atoms with Crippen LogP contribution in [-0.4, -0.2) is 53.6 Å². The molecule has 1 unspecified atom stereocenters. The smallest absolute Gasteiger partial charge is 0.410 e. The highest BCUT2D eigenvalue weighted by Crippen LogP contribution is 2.22. The molecule has 1 saturated carbocycles. The Bertz CT molecular complexity index is 596. The van der Waals surface area contributed by atoms with Crippen LogP contribution in [0.15, 0.2) is 24.3 Å². The number of benzene rings is 1. The van der Waals surface area contributed by atoms with Gasteiger partial charge >= 0.3 is 6.09 Å². The number of rotatable bonds is 2. The summed E-state index contributed by atoms with van der Waals surface area (Å²) in [6, 6.07) is 6.90. The van der Waals surface area contributed by atoms with Crippen molar-refractivity contribution in [2.24, 2.45) is 0 Å². The van der Waals surface area contributed by atoms with Gasteiger partial charge in [0.25, 0.3) is 5.91 Å². The lowest BCUT2D eigenvalue weighted by atomic mass is 10.1. The van der Waals surface area contributed by atoms with E-state index in [0.717, 1.165) is 25.7 Å². The third-order valence-electron chi connectivity index (χ3n) is 4.87. The minimum atomic E-state index is -0.242. The van der Waals surface area contributed by atoms with E-state index in [9.17, 15) is 9.59 Å². The summed E-state index contributed by atoms with van der Waals surface area (Å²) in [5.74, 6) is -0.0219. The molecular weight excluding hydrogens is 306 g/mol. The number of nitrogens with zero attached hydrogens (tertiary/aromatic N) is 2. The summed E-state index contributed by atoms with van der Waals surface area (Å²) in [7, 11) is 0. The minimum absolute atomic E-state index is 0.0219. The number of carbonyl (C=O) groups excluding carboxylic acids is 2. The normalized spacial score (nSPS) is 21.8. The minimum Gasteiger partial charge on any atom is -0.446 e. The largest absolute Gasteiger partial charge is 0.446 e. The van der Waals surface area contributed by atoms with Crippen molar-refractivity contribution in [2.75, 3.05) is 25.4 Å². The molecule has 0 radical (unpaired) electrons. The summed E-state index contributed by atoms with van der Waals surface area (Å²) in [5.41, 5.74) is 6.93. The van der Waals surface area contributed by atoms with E-state index in [1.54, 1.807) is 29.2 Å². The molecular formula is C18H25N3O3. The first-order valence-electron chi connectivity index (χ1n) is 8.66. The van der Waals surface area contributed by atoms with Crippen LogP contribution in [0.3, 0.4) is 0 Å². The third-order valence-corrected chi connectivity index (χ3v) is 4.87. The lowest BCUT2D eigenvalue weighted by molar-refractivity contribution is 0.0295. The van der Waals surface area contributed by atoms with E-state index < -0.39 is 0 Å². The fraction of sp³-hybridized carbons (Fsp3) is 0.556. The monoisotopic (exact) mass is 331 g/mol. The van der Waals surface area contributed by atoms with Gasteiger partial charge in [0.05, 0.1) is 0 Å². The van der Waals surface area contributed by atoms with E-state index in [-0.39, 0.29) is 24.1 Å². The molecule has 1 heterocycles. The standard InChI is InChI=1S/C18H25N3O3/c1-13-12-20(18(23)24-16-4-2-3-5-16)10-11-21(13)17(22)14-6-8-15(19)9-7-14/h6-9,13,16H,2-5,10-12,19H2,1H3. The Morgan fingerprint density at radius 3 is 2.42 bits per heavy atom. The van der Waals surface area contributed by atoms with Gasteiger partial charge in [-0.25, -0.2) is 4.79 Å². The molecule has 2 N–H and O–H groups in total. The molecule has 1 aromatic carbocycles. The van der Waals surface area contributed by atoms with E-state index in [0.29, 0.717) is 30.9 Å². The average Bonchev–Trinajstić information content (AvgIpc) is 3.08. The van der Waals surface area contributed by atoms with E-state index >= 15 is 0 Å². The molecule has 2 fully saturated rings. The second-order valence-electron chi connectivity index (χ2n) is 6.71. The zero-order valence-corrected chi connectivity index (χ0v) is 14.1. The molecule has 1 saturated heterocycles. The average molecular weight is 331 g/mol. The van der Waals surface area contributed by atoms with Gasteiger partial charge in [0.2, 0.25) is 0 Å². The van der Waals surface area contributed by atoms with Crippen molar-refractivity contribution in [1.29, 1.82) is 0 Å². The Hall–Kier alpha value is -2.24. The molecule has 130 valence electrons. The molecule has 2 aliphatic rings. The highest BCUT2D eigenvalue weighted by Gasteiger charge is 2.32. The SMILES string of the molecule is CC1CN(C(=O)OC2CCCC2)CCN1C(=O)c1ccc(N)cc1. The molecule has 0 spiro atoms. The molecule has 6 nitrogen and oxygen atoms in total. The fourth-order valence-corrected chi connectivity index (χ4v) is 3.44. The van der Waals surface area contributed by atoms with Crippen molar-refractivity contribution in [3.63, 3.8) is 0 Å². The number of hydrogen-bond acceptors (Lipinski definition) is 4. The van der Waals surface area contributed by atoms with Crippen LogP contribution in [0.2, 0.25) is 0 Å². The molecule has 24 heavy (non-hydrogen) atoms. The molecule has 6 heteroatoms. The summed E-state index contributed by atoms with van der Waals surface area (Å²) in [4.78, 5) is 28.4. The fourth-order valence-electron chi connectivity index (χ4n) is 3.44. The summed E-state index contributed by atoms with van der Waals surface area (Å²) in [5, 5.41) is 0. The quantitative estimate of drug-likeness (QED) is 0.845. The maximum atomic E-state index is 12.6. The highest BCUT2D eigenvalue weighted by molar-refractivity contribution is 5.94. The second kappa shape index (κ2) is 7.11. The summed E-state index contributed by atoms with van der Waals surface area (Å²) in [6.07, 6.45) is 4.04. The first-order valence-corrected chi connectivity index (χ1v) is 8.66. The van der Waals surface area contributed by atoms with E-state index in [1.807, 2.05) is 11.8 Å². The van der Waals surface area contributed by atoms with Gasteiger partial charge in [0.1, 0.15) is 6.10 Å². The van der Waals surface area contributed by atoms with Gasteiger partial charge in [0.15, 0.2) is 0 Å². The van der Waals surface area contributed by atoms with Crippen LogP contribution in [0.5, 0.6) is 0 Å². The van der Waals surface area contributed by atoms with Gasteiger partial charge < -0.3 is 20.3 Å². The van der Waals surface area contributed by atoms with Crippen LogP contribution in [-0.2, 0) is 4.74 Å². The van der Waals surface area contributed by atoms with Gasteiger partial charge in [-0.3, -0.25) is 4.79 Å². The highest BCUT2D eigenvalue weighted by atomic mass is 16.6. The Labute approximate surface area is 142 Å². The van der Waals surface area contributed by atoms with E-state index in [4.69, 9.17) is 10.5 Å². The molecule has 1 aromatic rings. The second-order valence-corrected chi connectivity index (χ2v) is 6.71. The molecule has 2 amide bonds. The maximum Gasteiger partial charge on any atom is 0.410 e. The van der Waals surface area contributed by atoms with Crippen molar-refractivity contribution in [2.45, 2.75) is 44.8 Å². The number of piperazine rings is 1. The van der Waals surface area contributed by atoms with Gasteiger partial charge in [0, 0.05) is 36.9 Å². The zero-order valence-electron chi connectivity index (χ0n) is 14.1. The molecule has 0 aromatic heterocycles. The van der Waals surface area contributed by atoms with Crippen molar-refractivity contribution in [3.05, 3.63) is 29.8 Å². The topological polar surface area (TPSA) is 75.9 Å². The Balaban J connectivity index is 1.57. The lowest BCUT2D eigenvalue weighted by Crippen LogP contribution is -2.55. The predicted octanol–water partition coefficient (Wildman–Crippen LogP) is 2.49. The van der Waals surface area contributed by atoms with E-state index in [1.165, 1.54) is 0 Å². The number of carbonyl (C=O) groups is 2. The van der Waals surface area contributed by atoms with Crippen LogP contribution >= 0.6 is 0 Å². The summed E-state index contributed by atoms with van der Waals surface area (Å²) < 4.78 is 5.56. The molecule has 1 aliphatic heterocycles. The van der Waals surface area contributed by atoms with Crippen molar-refractivity contribution >= 4 is 17.7 Å². The number of ether oxygens (including phenoxy) is 1. The zero-order chi connectivity index (χ0) is 17.1. The third kappa shape index (κ3) is 3.63. The van der Waals surface area contributed by atoms with Crippen molar-refractivity contribution in [3.8, 4) is 0 Å². The summed E-state index contributed by atoms with van der Waals surface area (Å²) >= 11 is 0. The first kappa shape index (κ1) is 16.6. The number of nitrogens with two attached hydrogens (primary N) is 1. The molecule has 3 rings (SSSR count). The predicted molar refractivity (Wildman–Crippen MR) is 91.7 cm³/mol. The van der Waals surface area contributed by atoms with E-state index in [2.05, 4.69) is 0 Å². The number of hydrogen-bond donors (Lipinski definition) is 1. The molecule has 0 bridgehead atoms. The van der Waals surface area contributed by atoms with Gasteiger partial charge in [-0.2, -0.15) is 0 Å². The van der Waals surface area contributed by atoms with Crippen LogP contribution < -0.4 is 5.73 Å². The first-order chi connectivity index (χ1) is 11.5. The Morgan fingerprint density at radius 1 is 1.12 bits per heavy atom. The van der Waals surface area contributed by atoms with Crippen molar-refractivity contribution in [1.82, 2.24) is 9.80 Å². The number of amides is 2. The van der Waals surface area contributed by atoms with Crippen LogP contribution in [0.1, 0.15) is 43.0 Å². The Morgan fingerprint density at radius 2 is 1.79 bits per heavy atom. The number of nitrogen functional groups attached to an aromatic ring is 1. The van der Waals surface area contributed by atoms with Crippen LogP contribution in [0, 0.1) is 0 Å². The van der Waals surface area contributed by atoms with Gasteiger partial charge in [-0.1, -0.05) is 0 Å². The number of anilines is 1. The van der Waals surface area contributed by atoms with Gasteiger partial charge in [-0.05, 0) is 56.9 Å².